The van der Waals surface area contributed by atoms with Crippen molar-refractivity contribution in [2.24, 2.45) is 11.1 Å². The van der Waals surface area contributed by atoms with Gasteiger partial charge in [-0.2, -0.15) is 0 Å². The second-order valence-corrected chi connectivity index (χ2v) is 5.83. The Balaban J connectivity index is 2.24. The van der Waals surface area contributed by atoms with E-state index >= 15 is 0 Å². The van der Waals surface area contributed by atoms with Gasteiger partial charge in [-0.1, -0.05) is 0 Å². The highest BCUT2D eigenvalue weighted by atomic mass is 32.2. The first-order valence-corrected chi connectivity index (χ1v) is 7.05. The highest BCUT2D eigenvalue weighted by molar-refractivity contribution is 7.89. The van der Waals surface area contributed by atoms with Gasteiger partial charge in [0, 0.05) is 18.5 Å². The number of hydrogen-bond acceptors (Lipinski definition) is 6. The molecule has 0 aromatic heterocycles. The summed E-state index contributed by atoms with van der Waals surface area (Å²) in [6.45, 7) is 1.78. The number of nitro benzene ring substituents is 1. The van der Waals surface area contributed by atoms with Gasteiger partial charge in [-0.15, -0.1) is 0 Å². The number of anilines is 1. The zero-order chi connectivity index (χ0) is 14.0. The average Bonchev–Trinajstić information content (AvgIpc) is 2.25. The number of hydrogen-bond donors (Lipinski definition) is 2. The Hall–Kier alpha value is -1.71. The molecule has 1 aromatic rings. The molecule has 0 saturated carbocycles. The van der Waals surface area contributed by atoms with E-state index in [9.17, 15) is 18.5 Å². The lowest BCUT2D eigenvalue weighted by Crippen LogP contribution is -2.33. The lowest BCUT2D eigenvalue weighted by molar-refractivity contribution is -0.384. The number of nitro groups is 1. The van der Waals surface area contributed by atoms with Crippen molar-refractivity contribution in [3.63, 3.8) is 0 Å². The SMILES string of the molecule is NS(=O)(=O)c1ccc(NCC2COC2)c([N+](=O)[O-])c1. The molecule has 0 bridgehead atoms. The summed E-state index contributed by atoms with van der Waals surface area (Å²) in [7, 11) is -3.95. The minimum Gasteiger partial charge on any atom is -0.381 e. The highest BCUT2D eigenvalue weighted by Gasteiger charge is 2.22. The number of sulfonamides is 1. The lowest BCUT2D eigenvalue weighted by atomic mass is 10.1. The quantitative estimate of drug-likeness (QED) is 0.592. The first-order chi connectivity index (χ1) is 8.88. The van der Waals surface area contributed by atoms with Crippen molar-refractivity contribution in [2.75, 3.05) is 25.1 Å². The molecule has 0 spiro atoms. The Kier molecular flexibility index (Phi) is 3.69. The number of nitrogens with zero attached hydrogens (tertiary/aromatic N) is 1. The van der Waals surface area contributed by atoms with Crippen LogP contribution in [0.1, 0.15) is 0 Å². The molecular weight excluding hydrogens is 274 g/mol. The van der Waals surface area contributed by atoms with Gasteiger partial charge in [0.15, 0.2) is 0 Å². The number of nitrogens with two attached hydrogens (primary N) is 1. The largest absolute Gasteiger partial charge is 0.381 e. The fourth-order valence-corrected chi connectivity index (χ4v) is 2.18. The van der Waals surface area contributed by atoms with E-state index in [2.05, 4.69) is 5.32 Å². The van der Waals surface area contributed by atoms with Crippen LogP contribution in [0.25, 0.3) is 0 Å². The summed E-state index contributed by atoms with van der Waals surface area (Å²) in [5, 5.41) is 18.8. The van der Waals surface area contributed by atoms with Crippen molar-refractivity contribution >= 4 is 21.4 Å². The van der Waals surface area contributed by atoms with Crippen LogP contribution in [0, 0.1) is 16.0 Å². The van der Waals surface area contributed by atoms with Crippen LogP contribution in [-0.4, -0.2) is 33.1 Å². The standard InChI is InChI=1S/C10H13N3O5S/c11-19(16,17)8-1-2-9(10(3-8)13(14)15)12-4-7-5-18-6-7/h1-3,7,12H,4-6H2,(H2,11,16,17). The molecule has 0 aliphatic carbocycles. The van der Waals surface area contributed by atoms with Crippen molar-refractivity contribution in [1.29, 1.82) is 0 Å². The van der Waals surface area contributed by atoms with Gasteiger partial charge in [-0.25, -0.2) is 13.6 Å². The maximum absolute atomic E-state index is 11.2. The van der Waals surface area contributed by atoms with Crippen LogP contribution >= 0.6 is 0 Å². The molecule has 1 fully saturated rings. The van der Waals surface area contributed by atoms with Crippen molar-refractivity contribution in [1.82, 2.24) is 0 Å². The van der Waals surface area contributed by atoms with Crippen LogP contribution in [0.4, 0.5) is 11.4 Å². The number of ether oxygens (including phenoxy) is 1. The van der Waals surface area contributed by atoms with Crippen molar-refractivity contribution < 1.29 is 18.1 Å². The van der Waals surface area contributed by atoms with Gasteiger partial charge in [0.25, 0.3) is 5.69 Å². The molecule has 0 amide bonds. The molecular formula is C10H13N3O5S. The Bertz CT molecular complexity index is 597. The summed E-state index contributed by atoms with van der Waals surface area (Å²) in [4.78, 5) is 10.0. The summed E-state index contributed by atoms with van der Waals surface area (Å²) in [5.41, 5.74) is -0.0453. The van der Waals surface area contributed by atoms with Crippen LogP contribution < -0.4 is 10.5 Å². The maximum Gasteiger partial charge on any atom is 0.293 e. The topological polar surface area (TPSA) is 125 Å². The fraction of sp³-hybridized carbons (Fsp3) is 0.400. The highest BCUT2D eigenvalue weighted by Crippen LogP contribution is 2.27. The van der Waals surface area contributed by atoms with Gasteiger partial charge in [0.1, 0.15) is 5.69 Å². The van der Waals surface area contributed by atoms with E-state index in [0.29, 0.717) is 25.7 Å². The van der Waals surface area contributed by atoms with Gasteiger partial charge in [-0.3, -0.25) is 10.1 Å². The molecule has 1 aliphatic heterocycles. The molecule has 8 nitrogen and oxygen atoms in total. The minimum absolute atomic E-state index is 0.268. The molecule has 0 atom stereocenters. The average molecular weight is 287 g/mol. The second-order valence-electron chi connectivity index (χ2n) is 4.27. The monoisotopic (exact) mass is 287 g/mol. The van der Waals surface area contributed by atoms with Gasteiger partial charge < -0.3 is 10.1 Å². The van der Waals surface area contributed by atoms with Gasteiger partial charge in [0.05, 0.1) is 23.0 Å². The molecule has 1 saturated heterocycles. The summed E-state index contributed by atoms with van der Waals surface area (Å²) in [5.74, 6) is 0.317. The van der Waals surface area contributed by atoms with E-state index in [1.165, 1.54) is 12.1 Å². The third kappa shape index (κ3) is 3.19. The van der Waals surface area contributed by atoms with Crippen LogP contribution in [-0.2, 0) is 14.8 Å². The Morgan fingerprint density at radius 2 is 2.16 bits per heavy atom. The minimum atomic E-state index is -3.95. The van der Waals surface area contributed by atoms with E-state index in [0.717, 1.165) is 6.07 Å². The summed E-state index contributed by atoms with van der Waals surface area (Å²) >= 11 is 0. The number of rotatable bonds is 5. The van der Waals surface area contributed by atoms with E-state index in [-0.39, 0.29) is 16.3 Å². The van der Waals surface area contributed by atoms with E-state index in [1.54, 1.807) is 0 Å². The molecule has 1 aliphatic rings. The van der Waals surface area contributed by atoms with Gasteiger partial charge >= 0.3 is 0 Å². The van der Waals surface area contributed by atoms with Crippen LogP contribution in [0.15, 0.2) is 23.1 Å². The molecule has 1 heterocycles. The molecule has 1 aromatic carbocycles. The first kappa shape index (κ1) is 13.7. The Labute approximate surface area is 109 Å². The van der Waals surface area contributed by atoms with E-state index in [4.69, 9.17) is 9.88 Å². The third-order valence-electron chi connectivity index (χ3n) is 2.78. The summed E-state index contributed by atoms with van der Waals surface area (Å²) < 4.78 is 27.3. The van der Waals surface area contributed by atoms with Crippen LogP contribution in [0.5, 0.6) is 0 Å². The second kappa shape index (κ2) is 5.11. The molecule has 19 heavy (non-hydrogen) atoms. The van der Waals surface area contributed by atoms with Gasteiger partial charge in [-0.05, 0) is 12.1 Å². The predicted molar refractivity (Wildman–Crippen MR) is 67.3 cm³/mol. The molecule has 104 valence electrons. The summed E-state index contributed by atoms with van der Waals surface area (Å²) in [6, 6.07) is 3.54. The van der Waals surface area contributed by atoms with E-state index in [1.807, 2.05) is 0 Å². The van der Waals surface area contributed by atoms with Crippen molar-refractivity contribution in [3.05, 3.63) is 28.3 Å². The smallest absolute Gasteiger partial charge is 0.293 e. The molecule has 0 unspecified atom stereocenters. The van der Waals surface area contributed by atoms with E-state index < -0.39 is 14.9 Å². The molecule has 2 rings (SSSR count). The fourth-order valence-electron chi connectivity index (χ4n) is 1.65. The van der Waals surface area contributed by atoms with Crippen molar-refractivity contribution in [3.8, 4) is 0 Å². The predicted octanol–water partition coefficient (Wildman–Crippen LogP) is 0.301. The molecule has 9 heteroatoms. The first-order valence-electron chi connectivity index (χ1n) is 5.51. The Morgan fingerprint density at radius 3 is 2.63 bits per heavy atom. The zero-order valence-electron chi connectivity index (χ0n) is 9.90. The van der Waals surface area contributed by atoms with Crippen molar-refractivity contribution in [2.45, 2.75) is 4.90 Å². The lowest BCUT2D eigenvalue weighted by Gasteiger charge is -2.26. The normalized spacial score (nSPS) is 15.8. The van der Waals surface area contributed by atoms with Gasteiger partial charge in [0.2, 0.25) is 10.0 Å². The zero-order valence-corrected chi connectivity index (χ0v) is 10.7. The maximum atomic E-state index is 11.2. The molecule has 0 radical (unpaired) electrons. The number of primary sulfonamides is 1. The Morgan fingerprint density at radius 1 is 1.47 bits per heavy atom. The van der Waals surface area contributed by atoms with Crippen LogP contribution in [0.2, 0.25) is 0 Å². The number of nitrogens with one attached hydrogen (secondary N) is 1. The number of benzene rings is 1. The summed E-state index contributed by atoms with van der Waals surface area (Å²) in [6.07, 6.45) is 0. The molecule has 3 N–H and O–H groups in total. The third-order valence-corrected chi connectivity index (χ3v) is 3.69. The van der Waals surface area contributed by atoms with Crippen LogP contribution in [0.3, 0.4) is 0 Å².